The van der Waals surface area contributed by atoms with Crippen LogP contribution in [0.2, 0.25) is 0 Å². The summed E-state index contributed by atoms with van der Waals surface area (Å²) >= 11 is 0. The average molecular weight is 258 g/mol. The van der Waals surface area contributed by atoms with Crippen LogP contribution in [-0.4, -0.2) is 24.5 Å². The fourth-order valence-corrected chi connectivity index (χ4v) is 3.47. The fraction of sp³-hybridized carbons (Fsp3) is 0.647. The Bertz CT molecular complexity index is 448. The molecular weight excluding hydrogens is 232 g/mol. The van der Waals surface area contributed by atoms with Crippen molar-refractivity contribution in [1.29, 1.82) is 0 Å². The Morgan fingerprint density at radius 1 is 1.32 bits per heavy atom. The summed E-state index contributed by atoms with van der Waals surface area (Å²) in [7, 11) is 0. The molecule has 0 aromatic heterocycles. The zero-order chi connectivity index (χ0) is 13.5. The maximum atomic E-state index is 6.12. The van der Waals surface area contributed by atoms with Gasteiger partial charge in [-0.2, -0.15) is 0 Å². The van der Waals surface area contributed by atoms with Crippen molar-refractivity contribution >= 4 is 0 Å². The Labute approximate surface area is 117 Å². The summed E-state index contributed by atoms with van der Waals surface area (Å²) in [6.07, 6.45) is 4.01. The van der Waals surface area contributed by atoms with Gasteiger partial charge in [-0.3, -0.25) is 4.90 Å². The van der Waals surface area contributed by atoms with Gasteiger partial charge in [-0.15, -0.1) is 0 Å². The molecule has 1 unspecified atom stereocenters. The first kappa shape index (κ1) is 13.1. The normalized spacial score (nSPS) is 24.6. The standard InChI is InChI=1S/C17H26N2/c1-17(2)9-10-19(12-17)16(11-18)15-6-4-3-5-14(15)13-7-8-13/h3-6,13,16H,7-12,18H2,1-2H3. The first-order chi connectivity index (χ1) is 9.11. The molecule has 0 amide bonds. The van der Waals surface area contributed by atoms with Gasteiger partial charge in [0.25, 0.3) is 0 Å². The minimum Gasteiger partial charge on any atom is -0.329 e. The van der Waals surface area contributed by atoms with Gasteiger partial charge in [0.1, 0.15) is 0 Å². The molecule has 1 saturated carbocycles. The number of nitrogens with two attached hydrogens (primary N) is 1. The van der Waals surface area contributed by atoms with E-state index in [1.165, 1.54) is 37.9 Å². The molecular formula is C17H26N2. The number of hydrogen-bond donors (Lipinski definition) is 1. The molecule has 2 aliphatic rings. The molecule has 2 N–H and O–H groups in total. The van der Waals surface area contributed by atoms with Crippen LogP contribution >= 0.6 is 0 Å². The van der Waals surface area contributed by atoms with Crippen LogP contribution < -0.4 is 5.73 Å². The lowest BCUT2D eigenvalue weighted by atomic mass is 9.92. The Kier molecular flexibility index (Phi) is 3.40. The number of hydrogen-bond acceptors (Lipinski definition) is 2. The smallest absolute Gasteiger partial charge is 0.0473 e. The second-order valence-corrected chi connectivity index (χ2v) is 7.04. The summed E-state index contributed by atoms with van der Waals surface area (Å²) in [5.41, 5.74) is 9.62. The predicted molar refractivity (Wildman–Crippen MR) is 80.2 cm³/mol. The van der Waals surface area contributed by atoms with Crippen molar-refractivity contribution in [3.05, 3.63) is 35.4 Å². The van der Waals surface area contributed by atoms with E-state index in [-0.39, 0.29) is 0 Å². The molecule has 1 aliphatic carbocycles. The van der Waals surface area contributed by atoms with Crippen LogP contribution in [0.4, 0.5) is 0 Å². The lowest BCUT2D eigenvalue weighted by Crippen LogP contribution is -2.33. The van der Waals surface area contributed by atoms with Crippen molar-refractivity contribution in [3.63, 3.8) is 0 Å². The first-order valence-electron chi connectivity index (χ1n) is 7.64. The van der Waals surface area contributed by atoms with E-state index in [2.05, 4.69) is 43.0 Å². The largest absolute Gasteiger partial charge is 0.329 e. The van der Waals surface area contributed by atoms with Gasteiger partial charge in [0, 0.05) is 19.1 Å². The maximum Gasteiger partial charge on any atom is 0.0473 e. The fourth-order valence-electron chi connectivity index (χ4n) is 3.47. The highest BCUT2D eigenvalue weighted by Crippen LogP contribution is 2.44. The van der Waals surface area contributed by atoms with E-state index in [1.807, 2.05) is 0 Å². The third-order valence-corrected chi connectivity index (χ3v) is 4.74. The van der Waals surface area contributed by atoms with Crippen LogP contribution in [0.1, 0.15) is 56.2 Å². The number of rotatable bonds is 4. The van der Waals surface area contributed by atoms with Crippen LogP contribution in [0, 0.1) is 5.41 Å². The molecule has 1 heterocycles. The minimum atomic E-state index is 0.415. The molecule has 2 heteroatoms. The van der Waals surface area contributed by atoms with E-state index >= 15 is 0 Å². The number of likely N-dealkylation sites (tertiary alicyclic amines) is 1. The van der Waals surface area contributed by atoms with Gasteiger partial charge < -0.3 is 5.73 Å². The van der Waals surface area contributed by atoms with Crippen molar-refractivity contribution in [2.24, 2.45) is 11.1 Å². The van der Waals surface area contributed by atoms with Crippen molar-refractivity contribution in [3.8, 4) is 0 Å². The van der Waals surface area contributed by atoms with Crippen LogP contribution in [0.15, 0.2) is 24.3 Å². The summed E-state index contributed by atoms with van der Waals surface area (Å²) in [5.74, 6) is 0.806. The number of nitrogens with zero attached hydrogens (tertiary/aromatic N) is 1. The van der Waals surface area contributed by atoms with Gasteiger partial charge >= 0.3 is 0 Å². The zero-order valence-electron chi connectivity index (χ0n) is 12.2. The molecule has 1 aromatic carbocycles. The zero-order valence-corrected chi connectivity index (χ0v) is 12.2. The van der Waals surface area contributed by atoms with Crippen molar-refractivity contribution in [1.82, 2.24) is 4.90 Å². The minimum absolute atomic E-state index is 0.415. The van der Waals surface area contributed by atoms with Gasteiger partial charge in [0.05, 0.1) is 0 Å². The molecule has 1 aliphatic heterocycles. The van der Waals surface area contributed by atoms with E-state index in [0.717, 1.165) is 12.5 Å². The third-order valence-electron chi connectivity index (χ3n) is 4.74. The van der Waals surface area contributed by atoms with Crippen molar-refractivity contribution in [2.75, 3.05) is 19.6 Å². The van der Waals surface area contributed by atoms with E-state index in [0.29, 0.717) is 11.5 Å². The van der Waals surface area contributed by atoms with Crippen LogP contribution in [0.5, 0.6) is 0 Å². The highest BCUT2D eigenvalue weighted by Gasteiger charge is 2.35. The molecule has 19 heavy (non-hydrogen) atoms. The molecule has 1 aromatic rings. The van der Waals surface area contributed by atoms with Crippen molar-refractivity contribution < 1.29 is 0 Å². The Hall–Kier alpha value is -0.860. The van der Waals surface area contributed by atoms with E-state index in [9.17, 15) is 0 Å². The summed E-state index contributed by atoms with van der Waals surface area (Å²) in [6.45, 7) is 7.84. The summed E-state index contributed by atoms with van der Waals surface area (Å²) < 4.78 is 0. The summed E-state index contributed by atoms with van der Waals surface area (Å²) in [6, 6.07) is 9.38. The molecule has 104 valence electrons. The number of benzene rings is 1. The van der Waals surface area contributed by atoms with Crippen LogP contribution in [0.25, 0.3) is 0 Å². The molecule has 0 bridgehead atoms. The lowest BCUT2D eigenvalue weighted by molar-refractivity contribution is 0.222. The first-order valence-corrected chi connectivity index (χ1v) is 7.64. The Morgan fingerprint density at radius 3 is 2.63 bits per heavy atom. The molecule has 2 nitrogen and oxygen atoms in total. The Morgan fingerprint density at radius 2 is 2.05 bits per heavy atom. The second kappa shape index (κ2) is 4.92. The topological polar surface area (TPSA) is 29.3 Å². The van der Waals surface area contributed by atoms with Gasteiger partial charge in [0.2, 0.25) is 0 Å². The monoisotopic (exact) mass is 258 g/mol. The second-order valence-electron chi connectivity index (χ2n) is 7.04. The quantitative estimate of drug-likeness (QED) is 0.898. The van der Waals surface area contributed by atoms with Crippen LogP contribution in [-0.2, 0) is 0 Å². The van der Waals surface area contributed by atoms with E-state index in [4.69, 9.17) is 5.73 Å². The highest BCUT2D eigenvalue weighted by atomic mass is 15.2. The van der Waals surface area contributed by atoms with E-state index < -0.39 is 0 Å². The van der Waals surface area contributed by atoms with Crippen molar-refractivity contribution in [2.45, 2.75) is 45.1 Å². The molecule has 1 atom stereocenters. The predicted octanol–water partition coefficient (Wildman–Crippen LogP) is 3.30. The van der Waals surface area contributed by atoms with Gasteiger partial charge in [-0.05, 0) is 48.3 Å². The molecule has 3 rings (SSSR count). The molecule has 0 radical (unpaired) electrons. The maximum absolute atomic E-state index is 6.12. The average Bonchev–Trinajstić information content (AvgIpc) is 3.16. The van der Waals surface area contributed by atoms with Crippen LogP contribution in [0.3, 0.4) is 0 Å². The lowest BCUT2D eigenvalue weighted by Gasteiger charge is -2.30. The SMILES string of the molecule is CC1(C)CCN(C(CN)c2ccccc2C2CC2)C1. The molecule has 2 fully saturated rings. The van der Waals surface area contributed by atoms with Gasteiger partial charge in [0.15, 0.2) is 0 Å². The van der Waals surface area contributed by atoms with Gasteiger partial charge in [-0.25, -0.2) is 0 Å². The molecule has 0 spiro atoms. The summed E-state index contributed by atoms with van der Waals surface area (Å²) in [5, 5.41) is 0. The van der Waals surface area contributed by atoms with Gasteiger partial charge in [-0.1, -0.05) is 38.1 Å². The van der Waals surface area contributed by atoms with E-state index in [1.54, 1.807) is 5.56 Å². The Balaban J connectivity index is 1.86. The third kappa shape index (κ3) is 2.70. The highest BCUT2D eigenvalue weighted by molar-refractivity contribution is 5.36. The molecule has 1 saturated heterocycles. The summed E-state index contributed by atoms with van der Waals surface area (Å²) in [4.78, 5) is 2.60.